The summed E-state index contributed by atoms with van der Waals surface area (Å²) in [5.74, 6) is -1.15. The Labute approximate surface area is 140 Å². The molecule has 23 heavy (non-hydrogen) atoms. The van der Waals surface area contributed by atoms with Crippen LogP contribution in [0.5, 0.6) is 0 Å². The Morgan fingerprint density at radius 1 is 0.783 bits per heavy atom. The second kappa shape index (κ2) is 16.5. The quantitative estimate of drug-likeness (QED) is 0.265. The fraction of sp³-hybridized carbons (Fsp3) is 0.500. The smallest absolute Gasteiger partial charge is 0.307 e. The molecule has 0 aromatic rings. The topological polar surface area (TPSA) is 54.4 Å². The second-order valence-corrected chi connectivity index (χ2v) is 5.48. The zero-order valence-corrected chi connectivity index (χ0v) is 14.2. The van der Waals surface area contributed by atoms with Crippen molar-refractivity contribution in [2.75, 3.05) is 0 Å². The number of carboxylic acid groups (broad SMARTS) is 1. The van der Waals surface area contributed by atoms with Crippen LogP contribution >= 0.6 is 0 Å². The van der Waals surface area contributed by atoms with Gasteiger partial charge in [0.15, 0.2) is 5.78 Å². The average Bonchev–Trinajstić information content (AvgIpc) is 2.51. The number of aliphatic carboxylic acids is 1. The summed E-state index contributed by atoms with van der Waals surface area (Å²) in [6.45, 7) is 2.24. The van der Waals surface area contributed by atoms with Gasteiger partial charge in [0.25, 0.3) is 0 Å². The van der Waals surface area contributed by atoms with E-state index in [1.807, 2.05) is 12.2 Å². The minimum Gasteiger partial charge on any atom is -0.481 e. The van der Waals surface area contributed by atoms with Crippen LogP contribution in [-0.4, -0.2) is 16.9 Å². The lowest BCUT2D eigenvalue weighted by Crippen LogP contribution is -1.91. The molecule has 128 valence electrons. The van der Waals surface area contributed by atoms with Gasteiger partial charge in [-0.1, -0.05) is 81.9 Å². The summed E-state index contributed by atoms with van der Waals surface area (Å²) in [5, 5.41) is 8.43. The van der Waals surface area contributed by atoms with Crippen molar-refractivity contribution in [2.24, 2.45) is 0 Å². The molecule has 0 saturated carbocycles. The number of carbonyl (C=O) groups is 2. The van der Waals surface area contributed by atoms with Gasteiger partial charge in [0, 0.05) is 0 Å². The first-order valence-corrected chi connectivity index (χ1v) is 8.59. The van der Waals surface area contributed by atoms with Crippen LogP contribution in [0.3, 0.4) is 0 Å². The number of carboxylic acids is 1. The lowest BCUT2D eigenvalue weighted by molar-refractivity contribution is -0.136. The van der Waals surface area contributed by atoms with Crippen LogP contribution in [0.15, 0.2) is 48.6 Å². The molecule has 3 heteroatoms. The maximum atomic E-state index is 11.3. The monoisotopic (exact) mass is 318 g/mol. The number of hydrogen-bond donors (Lipinski definition) is 1. The van der Waals surface area contributed by atoms with Gasteiger partial charge in [-0.25, -0.2) is 0 Å². The fourth-order valence-electron chi connectivity index (χ4n) is 2.00. The van der Waals surface area contributed by atoms with E-state index in [2.05, 4.69) is 13.0 Å². The van der Waals surface area contributed by atoms with Gasteiger partial charge in [0.05, 0.1) is 6.42 Å². The van der Waals surface area contributed by atoms with Crippen molar-refractivity contribution in [3.8, 4) is 0 Å². The van der Waals surface area contributed by atoms with E-state index in [0.29, 0.717) is 0 Å². The van der Waals surface area contributed by atoms with Crippen LogP contribution in [0.1, 0.15) is 64.7 Å². The van der Waals surface area contributed by atoms with Gasteiger partial charge in [-0.2, -0.15) is 0 Å². The summed E-state index contributed by atoms with van der Waals surface area (Å²) < 4.78 is 0. The largest absolute Gasteiger partial charge is 0.481 e. The van der Waals surface area contributed by atoms with Crippen molar-refractivity contribution >= 4 is 11.8 Å². The first-order chi connectivity index (χ1) is 11.2. The molecule has 0 aromatic heterocycles. The van der Waals surface area contributed by atoms with Crippen molar-refractivity contribution in [1.29, 1.82) is 0 Å². The van der Waals surface area contributed by atoms with Crippen LogP contribution in [0, 0.1) is 0 Å². The Bertz CT molecular complexity index is 428. The molecule has 0 bridgehead atoms. The molecule has 0 fully saturated rings. The first-order valence-electron chi connectivity index (χ1n) is 8.59. The lowest BCUT2D eigenvalue weighted by atomic mass is 10.1. The molecule has 0 aliphatic heterocycles. The van der Waals surface area contributed by atoms with Gasteiger partial charge in [-0.3, -0.25) is 9.59 Å². The summed E-state index contributed by atoms with van der Waals surface area (Å²) in [4.78, 5) is 21.6. The summed E-state index contributed by atoms with van der Waals surface area (Å²) in [6.07, 6.45) is 23.7. The molecule has 0 aliphatic carbocycles. The van der Waals surface area contributed by atoms with E-state index in [1.165, 1.54) is 63.2 Å². The SMILES string of the molecule is CCCCCCCCCC=CC=CC=CC(=O)C=CCC(=O)O. The van der Waals surface area contributed by atoms with Crippen molar-refractivity contribution in [2.45, 2.75) is 64.7 Å². The van der Waals surface area contributed by atoms with Gasteiger partial charge in [-0.05, 0) is 25.0 Å². The normalized spacial score (nSPS) is 12.2. The first kappa shape index (κ1) is 21.1. The van der Waals surface area contributed by atoms with E-state index < -0.39 is 5.97 Å². The van der Waals surface area contributed by atoms with E-state index in [-0.39, 0.29) is 12.2 Å². The van der Waals surface area contributed by atoms with Crippen LogP contribution in [0.25, 0.3) is 0 Å². The standard InChI is InChI=1S/C20H30O3/c1-2-3-4-5-6-7-8-9-10-11-12-13-14-16-19(21)17-15-18-20(22)23/h10-17H,2-9,18H2,1H3,(H,22,23). The molecule has 1 N–H and O–H groups in total. The summed E-state index contributed by atoms with van der Waals surface area (Å²) in [6, 6.07) is 0. The summed E-state index contributed by atoms with van der Waals surface area (Å²) in [5.41, 5.74) is 0. The maximum Gasteiger partial charge on any atom is 0.307 e. The van der Waals surface area contributed by atoms with Gasteiger partial charge < -0.3 is 5.11 Å². The highest BCUT2D eigenvalue weighted by Gasteiger charge is 1.91. The molecule has 0 heterocycles. The second-order valence-electron chi connectivity index (χ2n) is 5.48. The van der Waals surface area contributed by atoms with E-state index in [9.17, 15) is 9.59 Å². The van der Waals surface area contributed by atoms with Crippen molar-refractivity contribution < 1.29 is 14.7 Å². The molecule has 0 aromatic carbocycles. The van der Waals surface area contributed by atoms with Crippen molar-refractivity contribution in [1.82, 2.24) is 0 Å². The molecule has 3 nitrogen and oxygen atoms in total. The van der Waals surface area contributed by atoms with E-state index in [4.69, 9.17) is 5.11 Å². The predicted molar refractivity (Wildman–Crippen MR) is 96.4 cm³/mol. The minimum absolute atomic E-state index is 0.128. The molecule has 0 rings (SSSR count). The number of allylic oxidation sites excluding steroid dienone is 7. The number of hydrogen-bond acceptors (Lipinski definition) is 2. The van der Waals surface area contributed by atoms with Crippen molar-refractivity contribution in [3.63, 3.8) is 0 Å². The van der Waals surface area contributed by atoms with Crippen LogP contribution < -0.4 is 0 Å². The van der Waals surface area contributed by atoms with Crippen molar-refractivity contribution in [3.05, 3.63) is 48.6 Å². The highest BCUT2D eigenvalue weighted by Crippen LogP contribution is 2.08. The molecule has 0 atom stereocenters. The van der Waals surface area contributed by atoms with E-state index in [0.717, 1.165) is 6.42 Å². The third-order valence-electron chi connectivity index (χ3n) is 3.28. The van der Waals surface area contributed by atoms with E-state index in [1.54, 1.807) is 12.2 Å². The zero-order chi connectivity index (χ0) is 17.2. The Hall–Kier alpha value is -1.90. The number of carbonyl (C=O) groups excluding carboxylic acids is 1. The third kappa shape index (κ3) is 18.1. The zero-order valence-electron chi connectivity index (χ0n) is 14.2. The Balaban J connectivity index is 3.61. The number of ketones is 1. The Kier molecular flexibility index (Phi) is 15.1. The molecule has 0 spiro atoms. The minimum atomic E-state index is -0.941. The Morgan fingerprint density at radius 3 is 2.13 bits per heavy atom. The molecule has 0 aliphatic rings. The molecule has 0 amide bonds. The predicted octanol–water partition coefficient (Wildman–Crippen LogP) is 5.40. The van der Waals surface area contributed by atoms with Crippen LogP contribution in [-0.2, 0) is 9.59 Å². The van der Waals surface area contributed by atoms with Gasteiger partial charge in [-0.15, -0.1) is 0 Å². The lowest BCUT2D eigenvalue weighted by Gasteiger charge is -1.98. The highest BCUT2D eigenvalue weighted by molar-refractivity contribution is 5.99. The van der Waals surface area contributed by atoms with Gasteiger partial charge in [0.1, 0.15) is 0 Å². The van der Waals surface area contributed by atoms with Crippen LogP contribution in [0.2, 0.25) is 0 Å². The van der Waals surface area contributed by atoms with Crippen LogP contribution in [0.4, 0.5) is 0 Å². The summed E-state index contributed by atoms with van der Waals surface area (Å²) in [7, 11) is 0. The molecule has 0 unspecified atom stereocenters. The fourth-order valence-corrected chi connectivity index (χ4v) is 2.00. The average molecular weight is 318 g/mol. The molecule has 0 saturated heterocycles. The number of rotatable bonds is 14. The Morgan fingerprint density at radius 2 is 1.43 bits per heavy atom. The van der Waals surface area contributed by atoms with Gasteiger partial charge >= 0.3 is 5.97 Å². The maximum absolute atomic E-state index is 11.3. The third-order valence-corrected chi connectivity index (χ3v) is 3.28. The summed E-state index contributed by atoms with van der Waals surface area (Å²) >= 11 is 0. The number of unbranched alkanes of at least 4 members (excludes halogenated alkanes) is 7. The van der Waals surface area contributed by atoms with E-state index >= 15 is 0 Å². The highest BCUT2D eigenvalue weighted by atomic mass is 16.4. The molecular weight excluding hydrogens is 288 g/mol. The molecular formula is C20H30O3. The molecule has 0 radical (unpaired) electrons. The van der Waals surface area contributed by atoms with Gasteiger partial charge in [0.2, 0.25) is 0 Å².